The van der Waals surface area contributed by atoms with Crippen molar-refractivity contribution in [2.24, 2.45) is 24.8 Å². The van der Waals surface area contributed by atoms with Gasteiger partial charge in [0.05, 0.1) is 6.10 Å². The van der Waals surface area contributed by atoms with Gasteiger partial charge in [0, 0.05) is 36.7 Å². The van der Waals surface area contributed by atoms with Crippen molar-refractivity contribution in [2.45, 2.75) is 38.7 Å². The highest BCUT2D eigenvalue weighted by Crippen LogP contribution is 2.42. The molecule has 3 aliphatic rings. The lowest BCUT2D eigenvalue weighted by Gasteiger charge is -2.41. The number of benzene rings is 1. The van der Waals surface area contributed by atoms with E-state index in [2.05, 4.69) is 47.4 Å². The van der Waals surface area contributed by atoms with Gasteiger partial charge in [-0.15, -0.1) is 0 Å². The summed E-state index contributed by atoms with van der Waals surface area (Å²) >= 11 is 0. The molecule has 1 fully saturated rings. The molecular formula is C21H27N2O+. The van der Waals surface area contributed by atoms with E-state index >= 15 is 0 Å². The molecule has 2 aromatic rings. The molecule has 1 saturated carbocycles. The summed E-state index contributed by atoms with van der Waals surface area (Å²) in [4.78, 5) is 0. The highest BCUT2D eigenvalue weighted by Gasteiger charge is 2.45. The zero-order valence-electron chi connectivity index (χ0n) is 14.7. The van der Waals surface area contributed by atoms with Crippen LogP contribution in [0.5, 0.6) is 0 Å². The van der Waals surface area contributed by atoms with Crippen LogP contribution in [0.25, 0.3) is 10.9 Å². The fourth-order valence-corrected chi connectivity index (χ4v) is 5.71. The van der Waals surface area contributed by atoms with Gasteiger partial charge in [-0.3, -0.25) is 0 Å². The average molecular weight is 323 g/mol. The molecule has 0 saturated heterocycles. The number of hydrogen-bond acceptors (Lipinski definition) is 1. The van der Waals surface area contributed by atoms with E-state index in [1.54, 1.807) is 5.56 Å². The Labute approximate surface area is 143 Å². The SMILES string of the molecule is C[C@H]1C(O)CCC2C[N+]3=C(CC21)c1c(c2ccccc2n1C)CC3. The van der Waals surface area contributed by atoms with Gasteiger partial charge < -0.3 is 9.67 Å². The molecule has 3 heteroatoms. The van der Waals surface area contributed by atoms with E-state index in [0.29, 0.717) is 11.8 Å². The van der Waals surface area contributed by atoms with Crippen molar-refractivity contribution in [1.82, 2.24) is 4.57 Å². The summed E-state index contributed by atoms with van der Waals surface area (Å²) in [5.74, 6) is 1.84. The molecule has 1 aromatic heterocycles. The summed E-state index contributed by atoms with van der Waals surface area (Å²) in [6.45, 7) is 4.62. The molecule has 0 amide bonds. The molecule has 2 aliphatic heterocycles. The van der Waals surface area contributed by atoms with E-state index in [9.17, 15) is 5.11 Å². The van der Waals surface area contributed by atoms with Crippen LogP contribution in [0.3, 0.4) is 0 Å². The Morgan fingerprint density at radius 3 is 2.92 bits per heavy atom. The van der Waals surface area contributed by atoms with Crippen LogP contribution in [0.1, 0.15) is 37.4 Å². The van der Waals surface area contributed by atoms with E-state index < -0.39 is 0 Å². The topological polar surface area (TPSA) is 28.2 Å². The van der Waals surface area contributed by atoms with Gasteiger partial charge in [-0.05, 0) is 36.3 Å². The second-order valence-corrected chi connectivity index (χ2v) is 8.18. The number of hydrogen-bond donors (Lipinski definition) is 1. The van der Waals surface area contributed by atoms with E-state index in [0.717, 1.165) is 31.7 Å². The Kier molecular flexibility index (Phi) is 3.18. The molecule has 1 aromatic carbocycles. The third-order valence-corrected chi connectivity index (χ3v) is 7.10. The molecule has 0 radical (unpaired) electrons. The van der Waals surface area contributed by atoms with Crippen molar-refractivity contribution >= 4 is 16.6 Å². The number of aromatic nitrogens is 1. The van der Waals surface area contributed by atoms with Crippen molar-refractivity contribution in [2.75, 3.05) is 13.1 Å². The van der Waals surface area contributed by atoms with Crippen LogP contribution < -0.4 is 0 Å². The molecule has 1 aliphatic carbocycles. The van der Waals surface area contributed by atoms with Gasteiger partial charge in [0.15, 0.2) is 0 Å². The van der Waals surface area contributed by atoms with Gasteiger partial charge in [-0.2, -0.15) is 0 Å². The molecule has 0 spiro atoms. The fourth-order valence-electron chi connectivity index (χ4n) is 5.71. The molecule has 4 atom stereocenters. The molecular weight excluding hydrogens is 296 g/mol. The molecule has 0 bridgehead atoms. The van der Waals surface area contributed by atoms with Crippen molar-refractivity contribution in [3.8, 4) is 0 Å². The first-order valence-corrected chi connectivity index (χ1v) is 9.50. The molecule has 3 nitrogen and oxygen atoms in total. The maximum absolute atomic E-state index is 10.3. The van der Waals surface area contributed by atoms with Crippen molar-refractivity contribution in [3.63, 3.8) is 0 Å². The third-order valence-electron chi connectivity index (χ3n) is 7.10. The van der Waals surface area contributed by atoms with Crippen LogP contribution in [-0.4, -0.2) is 39.2 Å². The normalized spacial score (nSPS) is 32.5. The third kappa shape index (κ3) is 1.91. The number of para-hydroxylation sites is 1. The summed E-state index contributed by atoms with van der Waals surface area (Å²) in [6.07, 6.45) is 4.39. The van der Waals surface area contributed by atoms with Crippen LogP contribution in [0.15, 0.2) is 24.3 Å². The van der Waals surface area contributed by atoms with E-state index in [1.807, 2.05) is 0 Å². The summed E-state index contributed by atoms with van der Waals surface area (Å²) in [5.41, 5.74) is 5.91. The number of fused-ring (bicyclic) bond motifs is 5. The lowest BCUT2D eigenvalue weighted by molar-refractivity contribution is -0.545. The van der Waals surface area contributed by atoms with Crippen molar-refractivity contribution in [1.29, 1.82) is 0 Å². The second-order valence-electron chi connectivity index (χ2n) is 8.18. The zero-order valence-corrected chi connectivity index (χ0v) is 14.7. The zero-order chi connectivity index (χ0) is 16.4. The maximum Gasteiger partial charge on any atom is 0.200 e. The largest absolute Gasteiger partial charge is 0.393 e. The van der Waals surface area contributed by atoms with Gasteiger partial charge in [-0.25, -0.2) is 4.58 Å². The quantitative estimate of drug-likeness (QED) is 0.742. The first-order valence-electron chi connectivity index (χ1n) is 9.50. The molecule has 3 heterocycles. The van der Waals surface area contributed by atoms with Gasteiger partial charge >= 0.3 is 0 Å². The van der Waals surface area contributed by atoms with Gasteiger partial charge in [-0.1, -0.05) is 25.1 Å². The minimum atomic E-state index is -0.103. The second kappa shape index (κ2) is 5.19. The first kappa shape index (κ1) is 14.7. The number of aliphatic hydroxyl groups excluding tert-OH is 1. The lowest BCUT2D eigenvalue weighted by Crippen LogP contribution is -2.48. The smallest absolute Gasteiger partial charge is 0.200 e. The van der Waals surface area contributed by atoms with Crippen LogP contribution in [0.2, 0.25) is 0 Å². The standard InChI is InChI=1S/C21H27N2O/c1-13-17-11-19-21-16(15-5-3-4-6-18(15)22(21)2)9-10-23(19)12-14(17)7-8-20(13)24/h3-6,13-14,17,20,24H,7-12H2,1-2H3/q+1/t13-,14?,17?,20?/m1/s1. The molecule has 5 rings (SSSR count). The summed E-state index contributed by atoms with van der Waals surface area (Å²) in [7, 11) is 2.23. The minimum Gasteiger partial charge on any atom is -0.393 e. The minimum absolute atomic E-state index is 0.103. The monoisotopic (exact) mass is 323 g/mol. The van der Waals surface area contributed by atoms with E-state index in [4.69, 9.17) is 0 Å². The van der Waals surface area contributed by atoms with Gasteiger partial charge in [0.25, 0.3) is 0 Å². The van der Waals surface area contributed by atoms with Crippen molar-refractivity contribution < 1.29 is 9.68 Å². The first-order chi connectivity index (χ1) is 11.6. The number of aliphatic hydroxyl groups is 1. The predicted molar refractivity (Wildman–Crippen MR) is 96.7 cm³/mol. The summed E-state index contributed by atoms with van der Waals surface area (Å²) in [5, 5.41) is 11.8. The fraction of sp³-hybridized carbons (Fsp3) is 0.571. The Morgan fingerprint density at radius 1 is 1.21 bits per heavy atom. The van der Waals surface area contributed by atoms with Crippen LogP contribution >= 0.6 is 0 Å². The van der Waals surface area contributed by atoms with Gasteiger partial charge in [0.1, 0.15) is 18.8 Å². The molecule has 1 N–H and O–H groups in total. The lowest BCUT2D eigenvalue weighted by atomic mass is 9.67. The maximum atomic E-state index is 10.3. The highest BCUT2D eigenvalue weighted by atomic mass is 16.3. The summed E-state index contributed by atoms with van der Waals surface area (Å²) in [6, 6.07) is 8.84. The molecule has 3 unspecified atom stereocenters. The molecule has 24 heavy (non-hydrogen) atoms. The Bertz CT molecular complexity index is 847. The van der Waals surface area contributed by atoms with E-state index in [-0.39, 0.29) is 6.10 Å². The predicted octanol–water partition coefficient (Wildman–Crippen LogP) is 2.96. The highest BCUT2D eigenvalue weighted by molar-refractivity contribution is 6.04. The van der Waals surface area contributed by atoms with Crippen LogP contribution in [0.4, 0.5) is 0 Å². The Hall–Kier alpha value is -1.61. The van der Waals surface area contributed by atoms with E-state index in [1.165, 1.54) is 35.3 Å². The number of nitrogens with zero attached hydrogens (tertiary/aromatic N) is 2. The van der Waals surface area contributed by atoms with Crippen molar-refractivity contribution in [3.05, 3.63) is 35.5 Å². The van der Waals surface area contributed by atoms with Gasteiger partial charge in [0.2, 0.25) is 5.71 Å². The average Bonchev–Trinajstić information content (AvgIpc) is 2.90. The number of aryl methyl sites for hydroxylation is 1. The van der Waals surface area contributed by atoms with Crippen LogP contribution in [-0.2, 0) is 13.5 Å². The summed E-state index contributed by atoms with van der Waals surface area (Å²) < 4.78 is 5.07. The number of rotatable bonds is 0. The molecule has 126 valence electrons. The Balaban J connectivity index is 1.65. The van der Waals surface area contributed by atoms with Crippen LogP contribution in [0, 0.1) is 17.8 Å². The Morgan fingerprint density at radius 2 is 2.04 bits per heavy atom.